The van der Waals surface area contributed by atoms with Crippen molar-refractivity contribution in [1.29, 1.82) is 0 Å². The zero-order chi connectivity index (χ0) is 13.7. The van der Waals surface area contributed by atoms with Crippen LogP contribution in [0.5, 0.6) is 0 Å². The van der Waals surface area contributed by atoms with Gasteiger partial charge in [0.2, 0.25) is 0 Å². The van der Waals surface area contributed by atoms with E-state index in [1.54, 1.807) is 0 Å². The van der Waals surface area contributed by atoms with Crippen LogP contribution in [0.1, 0.15) is 71.1 Å². The predicted molar refractivity (Wildman–Crippen MR) is 75.1 cm³/mol. The van der Waals surface area contributed by atoms with E-state index >= 15 is 0 Å². The van der Waals surface area contributed by atoms with Gasteiger partial charge in [0, 0.05) is 0 Å². The summed E-state index contributed by atoms with van der Waals surface area (Å²) in [5, 5.41) is 9.72. The fourth-order valence-electron chi connectivity index (χ4n) is 3.32. The number of hydrogen-bond donors (Lipinski definition) is 1. The van der Waals surface area contributed by atoms with Crippen molar-refractivity contribution in [2.75, 3.05) is 6.61 Å². The SMILES string of the molecule is CCCCCC1CCCCC1(OCC1CC1)C(=O)O. The van der Waals surface area contributed by atoms with Crippen LogP contribution in [0.4, 0.5) is 0 Å². The Hall–Kier alpha value is -0.570. The lowest BCUT2D eigenvalue weighted by Gasteiger charge is -2.40. The molecule has 3 heteroatoms. The molecule has 2 aliphatic carbocycles. The maximum atomic E-state index is 11.8. The molecular weight excluding hydrogens is 240 g/mol. The average Bonchev–Trinajstić information content (AvgIpc) is 3.22. The highest BCUT2D eigenvalue weighted by molar-refractivity contribution is 5.78. The van der Waals surface area contributed by atoms with E-state index in [-0.39, 0.29) is 5.92 Å². The van der Waals surface area contributed by atoms with Gasteiger partial charge in [0.15, 0.2) is 5.60 Å². The molecule has 2 aliphatic rings. The molecule has 1 N–H and O–H groups in total. The molecule has 2 atom stereocenters. The van der Waals surface area contributed by atoms with Gasteiger partial charge in [-0.2, -0.15) is 0 Å². The van der Waals surface area contributed by atoms with Crippen LogP contribution in [0, 0.1) is 11.8 Å². The Balaban J connectivity index is 1.98. The van der Waals surface area contributed by atoms with Crippen molar-refractivity contribution in [3.8, 4) is 0 Å². The summed E-state index contributed by atoms with van der Waals surface area (Å²) in [4.78, 5) is 11.8. The summed E-state index contributed by atoms with van der Waals surface area (Å²) in [5.41, 5.74) is -0.866. The molecule has 2 fully saturated rings. The molecule has 0 bridgehead atoms. The van der Waals surface area contributed by atoms with Crippen LogP contribution in [0.25, 0.3) is 0 Å². The van der Waals surface area contributed by atoms with Crippen molar-refractivity contribution in [2.24, 2.45) is 11.8 Å². The van der Waals surface area contributed by atoms with E-state index in [4.69, 9.17) is 4.74 Å². The number of aliphatic carboxylic acids is 1. The Labute approximate surface area is 116 Å². The van der Waals surface area contributed by atoms with Gasteiger partial charge in [0.1, 0.15) is 0 Å². The topological polar surface area (TPSA) is 46.5 Å². The molecule has 3 nitrogen and oxygen atoms in total. The minimum Gasteiger partial charge on any atom is -0.479 e. The largest absolute Gasteiger partial charge is 0.479 e. The minimum atomic E-state index is -0.866. The Morgan fingerprint density at radius 2 is 2.05 bits per heavy atom. The molecule has 0 aliphatic heterocycles. The zero-order valence-corrected chi connectivity index (χ0v) is 12.2. The van der Waals surface area contributed by atoms with Gasteiger partial charge in [-0.15, -0.1) is 0 Å². The van der Waals surface area contributed by atoms with Crippen LogP contribution in [-0.4, -0.2) is 23.3 Å². The second-order valence-corrected chi connectivity index (χ2v) is 6.39. The fourth-order valence-corrected chi connectivity index (χ4v) is 3.32. The third kappa shape index (κ3) is 3.71. The van der Waals surface area contributed by atoms with E-state index in [1.165, 1.54) is 32.1 Å². The summed E-state index contributed by atoms with van der Waals surface area (Å²) in [7, 11) is 0. The Morgan fingerprint density at radius 3 is 2.68 bits per heavy atom. The van der Waals surface area contributed by atoms with Crippen LogP contribution in [0.3, 0.4) is 0 Å². The maximum Gasteiger partial charge on any atom is 0.336 e. The maximum absolute atomic E-state index is 11.8. The van der Waals surface area contributed by atoms with E-state index in [9.17, 15) is 9.90 Å². The molecule has 0 aromatic carbocycles. The van der Waals surface area contributed by atoms with Gasteiger partial charge in [0.25, 0.3) is 0 Å². The average molecular weight is 268 g/mol. The summed E-state index contributed by atoms with van der Waals surface area (Å²) in [6.45, 7) is 2.85. The highest BCUT2D eigenvalue weighted by atomic mass is 16.5. The molecule has 0 aromatic rings. The second-order valence-electron chi connectivity index (χ2n) is 6.39. The van der Waals surface area contributed by atoms with Crippen LogP contribution in [0.15, 0.2) is 0 Å². The minimum absolute atomic E-state index is 0.226. The Kier molecular flexibility index (Phi) is 5.26. The van der Waals surface area contributed by atoms with Crippen molar-refractivity contribution in [3.63, 3.8) is 0 Å². The van der Waals surface area contributed by atoms with E-state index in [0.29, 0.717) is 18.9 Å². The van der Waals surface area contributed by atoms with Crippen LogP contribution >= 0.6 is 0 Å². The highest BCUT2D eigenvalue weighted by Gasteiger charge is 2.48. The smallest absolute Gasteiger partial charge is 0.336 e. The lowest BCUT2D eigenvalue weighted by molar-refractivity contribution is -0.182. The van der Waals surface area contributed by atoms with Gasteiger partial charge >= 0.3 is 5.97 Å². The number of unbranched alkanes of at least 4 members (excludes halogenated alkanes) is 2. The Bertz CT molecular complexity index is 298. The predicted octanol–water partition coefficient (Wildman–Crippen LogP) is 4.01. The van der Waals surface area contributed by atoms with Gasteiger partial charge < -0.3 is 9.84 Å². The first-order valence-corrected chi connectivity index (χ1v) is 8.06. The third-order valence-electron chi connectivity index (χ3n) is 4.80. The van der Waals surface area contributed by atoms with Crippen LogP contribution < -0.4 is 0 Å². The molecule has 0 amide bonds. The molecule has 110 valence electrons. The number of hydrogen-bond acceptors (Lipinski definition) is 2. The molecule has 0 saturated heterocycles. The van der Waals surface area contributed by atoms with Crippen molar-refractivity contribution in [3.05, 3.63) is 0 Å². The summed E-state index contributed by atoms with van der Waals surface area (Å²) in [5.74, 6) is 0.146. The fraction of sp³-hybridized carbons (Fsp3) is 0.938. The van der Waals surface area contributed by atoms with E-state index in [1.807, 2.05) is 0 Å². The van der Waals surface area contributed by atoms with Crippen LogP contribution in [0.2, 0.25) is 0 Å². The van der Waals surface area contributed by atoms with Gasteiger partial charge in [-0.1, -0.05) is 32.6 Å². The second kappa shape index (κ2) is 6.74. The summed E-state index contributed by atoms with van der Waals surface area (Å²) in [6.07, 6.45) is 10.9. The van der Waals surface area contributed by atoms with Gasteiger partial charge in [-0.25, -0.2) is 4.79 Å². The molecule has 0 aromatic heterocycles. The van der Waals surface area contributed by atoms with Gasteiger partial charge in [0.05, 0.1) is 6.61 Å². The summed E-state index contributed by atoms with van der Waals surface area (Å²) < 4.78 is 6.00. The summed E-state index contributed by atoms with van der Waals surface area (Å²) >= 11 is 0. The lowest BCUT2D eigenvalue weighted by Crippen LogP contribution is -2.50. The molecule has 0 heterocycles. The number of ether oxygens (including phenoxy) is 1. The quantitative estimate of drug-likeness (QED) is 0.677. The van der Waals surface area contributed by atoms with Gasteiger partial charge in [-0.05, 0) is 50.4 Å². The first-order valence-electron chi connectivity index (χ1n) is 8.06. The molecule has 2 unspecified atom stereocenters. The Morgan fingerprint density at radius 1 is 1.26 bits per heavy atom. The number of carboxylic acid groups (broad SMARTS) is 1. The number of carboxylic acids is 1. The standard InChI is InChI=1S/C16H28O3/c1-2-3-4-7-14-8-5-6-11-16(14,15(17)18)19-12-13-9-10-13/h13-14H,2-12H2,1H3,(H,17,18). The molecule has 0 radical (unpaired) electrons. The normalized spacial score (nSPS) is 31.3. The summed E-state index contributed by atoms with van der Waals surface area (Å²) in [6, 6.07) is 0. The van der Waals surface area contributed by atoms with Crippen LogP contribution in [-0.2, 0) is 9.53 Å². The number of carbonyl (C=O) groups is 1. The first-order chi connectivity index (χ1) is 9.19. The third-order valence-corrected chi connectivity index (χ3v) is 4.80. The molecular formula is C16H28O3. The van der Waals surface area contributed by atoms with E-state index in [2.05, 4.69) is 6.92 Å². The lowest BCUT2D eigenvalue weighted by atomic mass is 9.72. The van der Waals surface area contributed by atoms with Crippen molar-refractivity contribution in [1.82, 2.24) is 0 Å². The van der Waals surface area contributed by atoms with E-state index < -0.39 is 11.6 Å². The molecule has 0 spiro atoms. The molecule has 19 heavy (non-hydrogen) atoms. The highest BCUT2D eigenvalue weighted by Crippen LogP contribution is 2.42. The van der Waals surface area contributed by atoms with E-state index in [0.717, 1.165) is 25.7 Å². The van der Waals surface area contributed by atoms with Crippen molar-refractivity contribution in [2.45, 2.75) is 76.7 Å². The monoisotopic (exact) mass is 268 g/mol. The number of rotatable bonds is 8. The van der Waals surface area contributed by atoms with Gasteiger partial charge in [-0.3, -0.25) is 0 Å². The van der Waals surface area contributed by atoms with Crippen molar-refractivity contribution < 1.29 is 14.6 Å². The molecule has 2 saturated carbocycles. The molecule has 2 rings (SSSR count). The first kappa shape index (κ1) is 14.8. The zero-order valence-electron chi connectivity index (χ0n) is 12.2. The van der Waals surface area contributed by atoms with Crippen molar-refractivity contribution >= 4 is 5.97 Å².